The molecule has 0 spiro atoms. The van der Waals surface area contributed by atoms with E-state index in [1.54, 1.807) is 49.6 Å². The van der Waals surface area contributed by atoms with Gasteiger partial charge in [0, 0.05) is 18.1 Å². The maximum atomic E-state index is 12.8. The number of anilines is 1. The SMILES string of the molecule is COc1ccc(C2CC(=O)N(c3ccccc3)C2=O)c(OC)c1. The van der Waals surface area contributed by atoms with Crippen molar-refractivity contribution in [1.82, 2.24) is 0 Å². The molecule has 2 amide bonds. The Bertz CT molecular complexity index is 742. The number of carbonyl (C=O) groups excluding carboxylic acids is 2. The summed E-state index contributed by atoms with van der Waals surface area (Å²) in [4.78, 5) is 26.3. The molecular weight excluding hydrogens is 294 g/mol. The maximum absolute atomic E-state index is 12.8. The van der Waals surface area contributed by atoms with Crippen molar-refractivity contribution in [2.24, 2.45) is 0 Å². The van der Waals surface area contributed by atoms with E-state index >= 15 is 0 Å². The first-order valence-corrected chi connectivity index (χ1v) is 7.29. The lowest BCUT2D eigenvalue weighted by Crippen LogP contribution is -2.30. The first-order chi connectivity index (χ1) is 11.2. The van der Waals surface area contributed by atoms with Gasteiger partial charge in [0.15, 0.2) is 0 Å². The number of amides is 2. The Hall–Kier alpha value is -2.82. The van der Waals surface area contributed by atoms with Gasteiger partial charge in [-0.2, -0.15) is 0 Å². The monoisotopic (exact) mass is 311 g/mol. The van der Waals surface area contributed by atoms with Crippen LogP contribution in [0.5, 0.6) is 11.5 Å². The Labute approximate surface area is 134 Å². The van der Waals surface area contributed by atoms with Crippen molar-refractivity contribution in [3.8, 4) is 11.5 Å². The van der Waals surface area contributed by atoms with Gasteiger partial charge < -0.3 is 9.47 Å². The number of hydrogen-bond donors (Lipinski definition) is 0. The molecule has 0 aromatic heterocycles. The molecule has 1 aliphatic rings. The molecule has 0 saturated carbocycles. The topological polar surface area (TPSA) is 55.8 Å². The zero-order chi connectivity index (χ0) is 16.4. The van der Waals surface area contributed by atoms with Gasteiger partial charge in [0.2, 0.25) is 11.8 Å². The van der Waals surface area contributed by atoms with Gasteiger partial charge >= 0.3 is 0 Å². The second-order valence-corrected chi connectivity index (χ2v) is 5.27. The van der Waals surface area contributed by atoms with Crippen LogP contribution >= 0.6 is 0 Å². The van der Waals surface area contributed by atoms with Crippen molar-refractivity contribution < 1.29 is 19.1 Å². The van der Waals surface area contributed by atoms with Crippen molar-refractivity contribution in [3.63, 3.8) is 0 Å². The van der Waals surface area contributed by atoms with Crippen LogP contribution in [-0.4, -0.2) is 26.0 Å². The first kappa shape index (κ1) is 15.1. The second-order valence-electron chi connectivity index (χ2n) is 5.27. The highest BCUT2D eigenvalue weighted by molar-refractivity contribution is 6.22. The van der Waals surface area contributed by atoms with Crippen LogP contribution in [0.3, 0.4) is 0 Å². The average molecular weight is 311 g/mol. The number of carbonyl (C=O) groups is 2. The Morgan fingerprint density at radius 1 is 1.00 bits per heavy atom. The quantitative estimate of drug-likeness (QED) is 0.815. The van der Waals surface area contributed by atoms with Gasteiger partial charge in [-0.25, -0.2) is 0 Å². The van der Waals surface area contributed by atoms with Crippen LogP contribution in [0.25, 0.3) is 0 Å². The van der Waals surface area contributed by atoms with Crippen LogP contribution in [-0.2, 0) is 9.59 Å². The van der Waals surface area contributed by atoms with E-state index in [-0.39, 0.29) is 18.2 Å². The van der Waals surface area contributed by atoms with Crippen LogP contribution < -0.4 is 14.4 Å². The lowest BCUT2D eigenvalue weighted by molar-refractivity contribution is -0.121. The van der Waals surface area contributed by atoms with Crippen LogP contribution in [0.1, 0.15) is 17.9 Å². The lowest BCUT2D eigenvalue weighted by Gasteiger charge is -2.16. The number of rotatable bonds is 4. The maximum Gasteiger partial charge on any atom is 0.241 e. The summed E-state index contributed by atoms with van der Waals surface area (Å²) in [6.45, 7) is 0. The zero-order valence-corrected chi connectivity index (χ0v) is 13.0. The van der Waals surface area contributed by atoms with Gasteiger partial charge in [-0.1, -0.05) is 24.3 Å². The molecule has 1 fully saturated rings. The number of methoxy groups -OCH3 is 2. The summed E-state index contributed by atoms with van der Waals surface area (Å²) in [5, 5.41) is 0. The van der Waals surface area contributed by atoms with E-state index < -0.39 is 5.92 Å². The molecule has 1 heterocycles. The summed E-state index contributed by atoms with van der Waals surface area (Å²) in [6, 6.07) is 14.2. The minimum atomic E-state index is -0.538. The van der Waals surface area contributed by atoms with Crippen LogP contribution in [0.15, 0.2) is 48.5 Å². The molecule has 0 aliphatic carbocycles. The highest BCUT2D eigenvalue weighted by Gasteiger charge is 2.41. The predicted molar refractivity (Wildman–Crippen MR) is 85.8 cm³/mol. The standard InChI is InChI=1S/C18H17NO4/c1-22-13-8-9-14(16(10-13)23-2)15-11-17(20)19(18(15)21)12-6-4-3-5-7-12/h3-10,15H,11H2,1-2H3. The molecule has 118 valence electrons. The van der Waals surface area contributed by atoms with Crippen molar-refractivity contribution in [3.05, 3.63) is 54.1 Å². The van der Waals surface area contributed by atoms with Gasteiger partial charge in [0.1, 0.15) is 11.5 Å². The summed E-state index contributed by atoms with van der Waals surface area (Å²) in [5.74, 6) is 0.213. The fraction of sp³-hybridized carbons (Fsp3) is 0.222. The Morgan fingerprint density at radius 2 is 1.74 bits per heavy atom. The Morgan fingerprint density at radius 3 is 2.39 bits per heavy atom. The number of imide groups is 1. The minimum absolute atomic E-state index is 0.135. The van der Waals surface area contributed by atoms with E-state index in [1.807, 2.05) is 6.07 Å². The van der Waals surface area contributed by atoms with Crippen molar-refractivity contribution in [1.29, 1.82) is 0 Å². The molecule has 1 unspecified atom stereocenters. The third-order valence-corrected chi connectivity index (χ3v) is 3.98. The van der Waals surface area contributed by atoms with Crippen LogP contribution in [0.4, 0.5) is 5.69 Å². The highest BCUT2D eigenvalue weighted by Crippen LogP contribution is 2.38. The number of hydrogen-bond acceptors (Lipinski definition) is 4. The molecule has 0 N–H and O–H groups in total. The van der Waals surface area contributed by atoms with Crippen molar-refractivity contribution in [2.45, 2.75) is 12.3 Å². The number of benzene rings is 2. The summed E-state index contributed by atoms with van der Waals surface area (Å²) in [6.07, 6.45) is 0.135. The van der Waals surface area contributed by atoms with E-state index in [0.717, 1.165) is 0 Å². The fourth-order valence-corrected chi connectivity index (χ4v) is 2.83. The largest absolute Gasteiger partial charge is 0.497 e. The zero-order valence-electron chi connectivity index (χ0n) is 13.0. The summed E-state index contributed by atoms with van der Waals surface area (Å²) < 4.78 is 10.5. The molecule has 2 aromatic rings. The van der Waals surface area contributed by atoms with E-state index in [9.17, 15) is 9.59 Å². The molecule has 2 aromatic carbocycles. The molecule has 3 rings (SSSR count). The third-order valence-electron chi connectivity index (χ3n) is 3.98. The minimum Gasteiger partial charge on any atom is -0.497 e. The molecule has 0 bridgehead atoms. The molecule has 5 heteroatoms. The molecule has 1 saturated heterocycles. The number of nitrogens with zero attached hydrogens (tertiary/aromatic N) is 1. The van der Waals surface area contributed by atoms with Gasteiger partial charge in [-0.3, -0.25) is 14.5 Å². The number of para-hydroxylation sites is 1. The average Bonchev–Trinajstić information content (AvgIpc) is 2.89. The molecule has 1 atom stereocenters. The predicted octanol–water partition coefficient (Wildman–Crippen LogP) is 2.75. The smallest absolute Gasteiger partial charge is 0.241 e. The van der Waals surface area contributed by atoms with Gasteiger partial charge in [-0.05, 0) is 18.2 Å². The van der Waals surface area contributed by atoms with Crippen molar-refractivity contribution in [2.75, 3.05) is 19.1 Å². The lowest BCUT2D eigenvalue weighted by atomic mass is 9.96. The molecule has 1 aliphatic heterocycles. The van der Waals surface area contributed by atoms with E-state index in [1.165, 1.54) is 12.0 Å². The number of ether oxygens (including phenoxy) is 2. The van der Waals surface area contributed by atoms with Gasteiger partial charge in [-0.15, -0.1) is 0 Å². The van der Waals surface area contributed by atoms with Crippen LogP contribution in [0, 0.1) is 0 Å². The molecule has 5 nitrogen and oxygen atoms in total. The first-order valence-electron chi connectivity index (χ1n) is 7.29. The fourth-order valence-electron chi connectivity index (χ4n) is 2.83. The molecule has 0 radical (unpaired) electrons. The Balaban J connectivity index is 1.97. The highest BCUT2D eigenvalue weighted by atomic mass is 16.5. The van der Waals surface area contributed by atoms with E-state index in [0.29, 0.717) is 22.7 Å². The summed E-state index contributed by atoms with van der Waals surface area (Å²) in [7, 11) is 3.10. The van der Waals surface area contributed by atoms with E-state index in [2.05, 4.69) is 0 Å². The van der Waals surface area contributed by atoms with Crippen LogP contribution in [0.2, 0.25) is 0 Å². The summed E-state index contributed by atoms with van der Waals surface area (Å²) >= 11 is 0. The Kier molecular flexibility index (Phi) is 4.02. The second kappa shape index (κ2) is 6.12. The third kappa shape index (κ3) is 2.65. The molecular formula is C18H17NO4. The van der Waals surface area contributed by atoms with Gasteiger partial charge in [0.25, 0.3) is 0 Å². The normalized spacial score (nSPS) is 17.5. The molecule has 23 heavy (non-hydrogen) atoms. The van der Waals surface area contributed by atoms with Crippen molar-refractivity contribution >= 4 is 17.5 Å². The van der Waals surface area contributed by atoms with Gasteiger partial charge in [0.05, 0.1) is 25.8 Å². The summed E-state index contributed by atoms with van der Waals surface area (Å²) in [5.41, 5.74) is 1.29. The van der Waals surface area contributed by atoms with E-state index in [4.69, 9.17) is 9.47 Å².